The van der Waals surface area contributed by atoms with E-state index in [1.807, 2.05) is 0 Å². The maximum atomic E-state index is 5.52. The largest absolute Gasteiger partial charge is 0.345 e. The molecule has 1 aromatic heterocycles. The standard InChI is InChI=1S/C11H20N4/c1-9-8-15(10-4-5-10)11(13-9)14(2)7-3-6-12/h8,10H,3-7,12H2,1-2H3. The molecule has 0 unspecified atom stereocenters. The van der Waals surface area contributed by atoms with Crippen molar-refractivity contribution >= 4 is 5.95 Å². The van der Waals surface area contributed by atoms with Crippen molar-refractivity contribution in [2.24, 2.45) is 5.73 Å². The average molecular weight is 208 g/mol. The maximum absolute atomic E-state index is 5.52. The summed E-state index contributed by atoms with van der Waals surface area (Å²) < 4.78 is 2.31. The Morgan fingerprint density at radius 1 is 1.60 bits per heavy atom. The number of anilines is 1. The minimum Gasteiger partial charge on any atom is -0.345 e. The molecule has 1 aliphatic rings. The molecule has 2 rings (SSSR count). The Balaban J connectivity index is 2.11. The van der Waals surface area contributed by atoms with E-state index in [2.05, 4.69) is 34.6 Å². The molecular weight excluding hydrogens is 188 g/mol. The molecule has 1 fully saturated rings. The van der Waals surface area contributed by atoms with Crippen LogP contribution in [0, 0.1) is 6.92 Å². The van der Waals surface area contributed by atoms with Crippen LogP contribution in [0.5, 0.6) is 0 Å². The molecule has 1 aromatic rings. The molecule has 0 atom stereocenters. The van der Waals surface area contributed by atoms with Gasteiger partial charge in [-0.05, 0) is 32.7 Å². The number of nitrogens with two attached hydrogens (primary N) is 1. The summed E-state index contributed by atoms with van der Waals surface area (Å²) in [4.78, 5) is 6.78. The Bertz CT molecular complexity index is 327. The van der Waals surface area contributed by atoms with Gasteiger partial charge in [0.15, 0.2) is 0 Å². The third-order valence-electron chi connectivity index (χ3n) is 2.81. The summed E-state index contributed by atoms with van der Waals surface area (Å²) in [7, 11) is 2.09. The molecule has 0 aromatic carbocycles. The van der Waals surface area contributed by atoms with Crippen molar-refractivity contribution in [2.45, 2.75) is 32.2 Å². The molecule has 0 radical (unpaired) electrons. The Kier molecular flexibility index (Phi) is 2.95. The van der Waals surface area contributed by atoms with E-state index in [1.54, 1.807) is 0 Å². The van der Waals surface area contributed by atoms with Gasteiger partial charge < -0.3 is 15.2 Å². The average Bonchev–Trinajstić information content (AvgIpc) is 2.98. The van der Waals surface area contributed by atoms with E-state index in [9.17, 15) is 0 Å². The highest BCUT2D eigenvalue weighted by atomic mass is 15.3. The number of rotatable bonds is 5. The van der Waals surface area contributed by atoms with Crippen LogP contribution in [0.15, 0.2) is 6.20 Å². The van der Waals surface area contributed by atoms with E-state index >= 15 is 0 Å². The molecule has 0 saturated heterocycles. The van der Waals surface area contributed by atoms with Gasteiger partial charge in [0.25, 0.3) is 0 Å². The molecule has 0 aliphatic heterocycles. The number of aryl methyl sites for hydroxylation is 1. The first-order valence-corrected chi connectivity index (χ1v) is 5.69. The van der Waals surface area contributed by atoms with Crippen LogP contribution < -0.4 is 10.6 Å². The van der Waals surface area contributed by atoms with Crippen LogP contribution in [0.1, 0.15) is 31.0 Å². The van der Waals surface area contributed by atoms with Gasteiger partial charge in [0.2, 0.25) is 5.95 Å². The van der Waals surface area contributed by atoms with Gasteiger partial charge in [-0.2, -0.15) is 0 Å². The van der Waals surface area contributed by atoms with Crippen molar-refractivity contribution in [1.29, 1.82) is 0 Å². The summed E-state index contributed by atoms with van der Waals surface area (Å²) in [5.74, 6) is 1.10. The predicted molar refractivity (Wildman–Crippen MR) is 62.2 cm³/mol. The summed E-state index contributed by atoms with van der Waals surface area (Å²) in [6, 6.07) is 0.696. The second-order valence-electron chi connectivity index (χ2n) is 4.38. The molecule has 1 saturated carbocycles. The van der Waals surface area contributed by atoms with Crippen molar-refractivity contribution in [3.63, 3.8) is 0 Å². The molecule has 15 heavy (non-hydrogen) atoms. The van der Waals surface area contributed by atoms with Crippen molar-refractivity contribution in [2.75, 3.05) is 25.0 Å². The van der Waals surface area contributed by atoms with Gasteiger partial charge in [-0.1, -0.05) is 0 Å². The molecule has 0 amide bonds. The zero-order valence-electron chi connectivity index (χ0n) is 9.61. The van der Waals surface area contributed by atoms with Crippen LogP contribution in [0.3, 0.4) is 0 Å². The van der Waals surface area contributed by atoms with Gasteiger partial charge in [0.1, 0.15) is 0 Å². The van der Waals surface area contributed by atoms with Gasteiger partial charge in [-0.15, -0.1) is 0 Å². The van der Waals surface area contributed by atoms with E-state index in [0.29, 0.717) is 6.04 Å². The predicted octanol–water partition coefficient (Wildman–Crippen LogP) is 1.31. The molecule has 84 valence electrons. The van der Waals surface area contributed by atoms with Gasteiger partial charge in [-0.25, -0.2) is 4.98 Å². The van der Waals surface area contributed by atoms with E-state index in [4.69, 9.17) is 5.73 Å². The quantitative estimate of drug-likeness (QED) is 0.793. The zero-order chi connectivity index (χ0) is 10.8. The highest BCUT2D eigenvalue weighted by Gasteiger charge is 2.27. The number of hydrogen-bond donors (Lipinski definition) is 1. The van der Waals surface area contributed by atoms with Crippen LogP contribution in [0.4, 0.5) is 5.95 Å². The number of hydrogen-bond acceptors (Lipinski definition) is 3. The fraction of sp³-hybridized carbons (Fsp3) is 0.727. The van der Waals surface area contributed by atoms with Gasteiger partial charge in [0.05, 0.1) is 5.69 Å². The van der Waals surface area contributed by atoms with E-state index in [-0.39, 0.29) is 0 Å². The second kappa shape index (κ2) is 4.23. The fourth-order valence-electron chi connectivity index (χ4n) is 1.84. The first-order chi connectivity index (χ1) is 7.22. The fourth-order valence-corrected chi connectivity index (χ4v) is 1.84. The lowest BCUT2D eigenvalue weighted by Crippen LogP contribution is -2.24. The lowest BCUT2D eigenvalue weighted by atomic mass is 10.4. The summed E-state index contributed by atoms with van der Waals surface area (Å²) in [6.07, 6.45) is 5.78. The Morgan fingerprint density at radius 3 is 2.93 bits per heavy atom. The van der Waals surface area contributed by atoms with Crippen LogP contribution in [-0.2, 0) is 0 Å². The highest BCUT2D eigenvalue weighted by Crippen LogP contribution is 2.37. The topological polar surface area (TPSA) is 47.1 Å². The van der Waals surface area contributed by atoms with E-state index < -0.39 is 0 Å². The second-order valence-corrected chi connectivity index (χ2v) is 4.38. The third kappa shape index (κ3) is 2.31. The zero-order valence-corrected chi connectivity index (χ0v) is 9.61. The summed E-state index contributed by atoms with van der Waals surface area (Å²) in [5, 5.41) is 0. The summed E-state index contributed by atoms with van der Waals surface area (Å²) >= 11 is 0. The van der Waals surface area contributed by atoms with Gasteiger partial charge in [0, 0.05) is 25.8 Å². The molecule has 1 heterocycles. The van der Waals surface area contributed by atoms with Crippen LogP contribution in [0.2, 0.25) is 0 Å². The van der Waals surface area contributed by atoms with E-state index in [1.165, 1.54) is 12.8 Å². The smallest absolute Gasteiger partial charge is 0.205 e. The van der Waals surface area contributed by atoms with Crippen LogP contribution in [-0.4, -0.2) is 29.7 Å². The van der Waals surface area contributed by atoms with Crippen LogP contribution in [0.25, 0.3) is 0 Å². The molecule has 4 nitrogen and oxygen atoms in total. The maximum Gasteiger partial charge on any atom is 0.205 e. The Hall–Kier alpha value is -1.03. The summed E-state index contributed by atoms with van der Waals surface area (Å²) in [5.41, 5.74) is 6.62. The van der Waals surface area contributed by atoms with Gasteiger partial charge >= 0.3 is 0 Å². The Morgan fingerprint density at radius 2 is 2.33 bits per heavy atom. The lowest BCUT2D eigenvalue weighted by molar-refractivity contribution is 0.695. The number of imidazole rings is 1. The first kappa shape index (κ1) is 10.5. The minimum absolute atomic E-state index is 0.696. The highest BCUT2D eigenvalue weighted by molar-refractivity contribution is 5.33. The molecule has 0 bridgehead atoms. The monoisotopic (exact) mass is 208 g/mol. The van der Waals surface area contributed by atoms with Crippen molar-refractivity contribution < 1.29 is 0 Å². The van der Waals surface area contributed by atoms with Crippen molar-refractivity contribution in [3.8, 4) is 0 Å². The molecule has 2 N–H and O–H groups in total. The molecular formula is C11H20N4. The Labute approximate surface area is 91.1 Å². The normalized spacial score (nSPS) is 15.7. The van der Waals surface area contributed by atoms with Crippen molar-refractivity contribution in [3.05, 3.63) is 11.9 Å². The third-order valence-corrected chi connectivity index (χ3v) is 2.81. The molecule has 4 heteroatoms. The number of nitrogens with zero attached hydrogens (tertiary/aromatic N) is 3. The minimum atomic E-state index is 0.696. The first-order valence-electron chi connectivity index (χ1n) is 5.69. The lowest BCUT2D eigenvalue weighted by Gasteiger charge is -2.19. The van der Waals surface area contributed by atoms with Crippen molar-refractivity contribution in [1.82, 2.24) is 9.55 Å². The molecule has 0 spiro atoms. The number of aromatic nitrogens is 2. The summed E-state index contributed by atoms with van der Waals surface area (Å²) in [6.45, 7) is 3.78. The SMILES string of the molecule is Cc1cn(C2CC2)c(N(C)CCCN)n1. The molecule has 1 aliphatic carbocycles. The van der Waals surface area contributed by atoms with E-state index in [0.717, 1.165) is 31.2 Å². The van der Waals surface area contributed by atoms with Crippen LogP contribution >= 0.6 is 0 Å². The van der Waals surface area contributed by atoms with Gasteiger partial charge in [-0.3, -0.25) is 0 Å².